The number of aliphatic imine (C=N–C) groups is 1. The molecule has 1 aliphatic rings. The first-order chi connectivity index (χ1) is 15.0. The van der Waals surface area contributed by atoms with Crippen molar-refractivity contribution in [1.82, 2.24) is 20.0 Å². The Hall–Kier alpha value is -3.36. The van der Waals surface area contributed by atoms with Gasteiger partial charge in [-0.15, -0.1) is 0 Å². The van der Waals surface area contributed by atoms with Gasteiger partial charge in [0.25, 0.3) is 0 Å². The fourth-order valence-electron chi connectivity index (χ4n) is 3.46. The van der Waals surface area contributed by atoms with Crippen LogP contribution < -0.4 is 15.5 Å². The second-order valence-corrected chi connectivity index (χ2v) is 7.51. The van der Waals surface area contributed by atoms with Crippen molar-refractivity contribution in [3.8, 4) is 0 Å². The standard InChI is InChI=1S/C22H31N7O2/c1-4-7-20(30)26-18-9-6-8-17(12-18)13-24-22(23-5-2)28-10-11-29(21(31)16-28)19-14-25-27(3)15-19/h6,8-9,12,14-15H,4-5,7,10-11,13,16H2,1-3H3,(H,23,24)(H,26,30). The number of carbonyl (C=O) groups is 2. The van der Waals surface area contributed by atoms with Gasteiger partial charge in [0.05, 0.1) is 18.4 Å². The molecule has 0 spiro atoms. The topological polar surface area (TPSA) is 94.9 Å². The molecule has 166 valence electrons. The highest BCUT2D eigenvalue weighted by atomic mass is 16.2. The summed E-state index contributed by atoms with van der Waals surface area (Å²) >= 11 is 0. The van der Waals surface area contributed by atoms with Crippen LogP contribution in [-0.2, 0) is 23.2 Å². The largest absolute Gasteiger partial charge is 0.356 e. The van der Waals surface area contributed by atoms with E-state index < -0.39 is 0 Å². The number of nitrogens with one attached hydrogen (secondary N) is 2. The zero-order valence-corrected chi connectivity index (χ0v) is 18.5. The van der Waals surface area contributed by atoms with Crippen LogP contribution >= 0.6 is 0 Å². The zero-order chi connectivity index (χ0) is 22.2. The predicted octanol–water partition coefficient (Wildman–Crippen LogP) is 1.97. The van der Waals surface area contributed by atoms with Crippen LogP contribution in [0.2, 0.25) is 0 Å². The first-order valence-electron chi connectivity index (χ1n) is 10.7. The second-order valence-electron chi connectivity index (χ2n) is 7.51. The average molecular weight is 426 g/mol. The van der Waals surface area contributed by atoms with Crippen molar-refractivity contribution in [1.29, 1.82) is 0 Å². The molecule has 0 bridgehead atoms. The molecule has 1 aromatic carbocycles. The molecule has 9 nitrogen and oxygen atoms in total. The third-order valence-corrected chi connectivity index (χ3v) is 4.96. The predicted molar refractivity (Wildman–Crippen MR) is 122 cm³/mol. The molecule has 0 radical (unpaired) electrons. The molecule has 1 aliphatic heterocycles. The van der Waals surface area contributed by atoms with Gasteiger partial charge in [0.2, 0.25) is 11.8 Å². The summed E-state index contributed by atoms with van der Waals surface area (Å²) in [6.07, 6.45) is 4.87. The maximum Gasteiger partial charge on any atom is 0.246 e. The van der Waals surface area contributed by atoms with Gasteiger partial charge in [0.1, 0.15) is 6.54 Å². The maximum atomic E-state index is 12.7. The molecule has 1 aromatic heterocycles. The molecule has 0 unspecified atom stereocenters. The lowest BCUT2D eigenvalue weighted by atomic mass is 10.2. The number of aromatic nitrogens is 2. The lowest BCUT2D eigenvalue weighted by Gasteiger charge is -2.35. The number of aryl methyl sites for hydroxylation is 1. The number of carbonyl (C=O) groups excluding carboxylic acids is 2. The number of piperazine rings is 1. The van der Waals surface area contributed by atoms with E-state index in [9.17, 15) is 9.59 Å². The summed E-state index contributed by atoms with van der Waals surface area (Å²) in [5.41, 5.74) is 2.58. The van der Waals surface area contributed by atoms with Crippen LogP contribution in [0.5, 0.6) is 0 Å². The molecule has 2 heterocycles. The van der Waals surface area contributed by atoms with Gasteiger partial charge in [0, 0.05) is 45.0 Å². The Balaban J connectivity index is 1.65. The van der Waals surface area contributed by atoms with Crippen molar-refractivity contribution in [2.24, 2.45) is 12.0 Å². The van der Waals surface area contributed by atoms with Gasteiger partial charge in [0.15, 0.2) is 5.96 Å². The lowest BCUT2D eigenvalue weighted by Crippen LogP contribution is -2.55. The van der Waals surface area contributed by atoms with Gasteiger partial charge < -0.3 is 20.4 Å². The van der Waals surface area contributed by atoms with Crippen LogP contribution in [0, 0.1) is 0 Å². The van der Waals surface area contributed by atoms with Crippen LogP contribution in [0.4, 0.5) is 11.4 Å². The summed E-state index contributed by atoms with van der Waals surface area (Å²) in [6.45, 7) is 6.67. The average Bonchev–Trinajstić information content (AvgIpc) is 3.17. The normalized spacial score (nSPS) is 14.7. The second kappa shape index (κ2) is 10.6. The van der Waals surface area contributed by atoms with E-state index in [0.29, 0.717) is 38.6 Å². The minimum absolute atomic E-state index is 0.0153. The lowest BCUT2D eigenvalue weighted by molar-refractivity contribution is -0.120. The Morgan fingerprint density at radius 1 is 1.26 bits per heavy atom. The fraction of sp³-hybridized carbons (Fsp3) is 0.455. The smallest absolute Gasteiger partial charge is 0.246 e. The van der Waals surface area contributed by atoms with Crippen molar-refractivity contribution < 1.29 is 9.59 Å². The van der Waals surface area contributed by atoms with Gasteiger partial charge in [-0.3, -0.25) is 14.3 Å². The molecular weight excluding hydrogens is 394 g/mol. The molecule has 0 aliphatic carbocycles. The Kier molecular flexibility index (Phi) is 7.64. The maximum absolute atomic E-state index is 12.7. The Bertz CT molecular complexity index is 937. The van der Waals surface area contributed by atoms with E-state index in [1.807, 2.05) is 56.3 Å². The molecule has 2 aromatic rings. The van der Waals surface area contributed by atoms with E-state index in [1.165, 1.54) is 0 Å². The summed E-state index contributed by atoms with van der Waals surface area (Å²) in [5.74, 6) is 0.745. The highest BCUT2D eigenvalue weighted by molar-refractivity contribution is 5.98. The van der Waals surface area contributed by atoms with Crippen molar-refractivity contribution >= 4 is 29.1 Å². The van der Waals surface area contributed by atoms with Crippen molar-refractivity contribution in [2.45, 2.75) is 33.2 Å². The third-order valence-electron chi connectivity index (χ3n) is 4.96. The van der Waals surface area contributed by atoms with Crippen molar-refractivity contribution in [3.63, 3.8) is 0 Å². The number of benzene rings is 1. The number of hydrogen-bond acceptors (Lipinski definition) is 4. The Labute approximate surface area is 183 Å². The van der Waals surface area contributed by atoms with E-state index in [-0.39, 0.29) is 18.4 Å². The Morgan fingerprint density at radius 3 is 2.77 bits per heavy atom. The summed E-state index contributed by atoms with van der Waals surface area (Å²) < 4.78 is 1.69. The molecule has 2 N–H and O–H groups in total. The fourth-order valence-corrected chi connectivity index (χ4v) is 3.46. The molecule has 31 heavy (non-hydrogen) atoms. The summed E-state index contributed by atoms with van der Waals surface area (Å²) in [5, 5.41) is 10.4. The molecular formula is C22H31N7O2. The number of amides is 2. The summed E-state index contributed by atoms with van der Waals surface area (Å²) in [7, 11) is 1.84. The zero-order valence-electron chi connectivity index (χ0n) is 18.5. The van der Waals surface area contributed by atoms with E-state index in [4.69, 9.17) is 4.99 Å². The van der Waals surface area contributed by atoms with E-state index in [1.54, 1.807) is 15.8 Å². The van der Waals surface area contributed by atoms with Gasteiger partial charge >= 0.3 is 0 Å². The van der Waals surface area contributed by atoms with E-state index in [2.05, 4.69) is 15.7 Å². The molecule has 3 rings (SSSR count). The highest BCUT2D eigenvalue weighted by Gasteiger charge is 2.27. The van der Waals surface area contributed by atoms with Gasteiger partial charge in [-0.05, 0) is 31.0 Å². The molecule has 1 saturated heterocycles. The first kappa shape index (κ1) is 22.3. The van der Waals surface area contributed by atoms with Crippen molar-refractivity contribution in [3.05, 3.63) is 42.2 Å². The van der Waals surface area contributed by atoms with E-state index >= 15 is 0 Å². The van der Waals surface area contributed by atoms with Gasteiger partial charge in [-0.2, -0.15) is 5.10 Å². The molecule has 1 fully saturated rings. The minimum Gasteiger partial charge on any atom is -0.356 e. The number of guanidine groups is 1. The van der Waals surface area contributed by atoms with Gasteiger partial charge in [-0.25, -0.2) is 4.99 Å². The summed E-state index contributed by atoms with van der Waals surface area (Å²) in [6, 6.07) is 7.71. The Morgan fingerprint density at radius 2 is 2.10 bits per heavy atom. The monoisotopic (exact) mass is 425 g/mol. The van der Waals surface area contributed by atoms with E-state index in [0.717, 1.165) is 23.4 Å². The van der Waals surface area contributed by atoms with Gasteiger partial charge in [-0.1, -0.05) is 19.1 Å². The highest BCUT2D eigenvalue weighted by Crippen LogP contribution is 2.17. The molecule has 2 amide bonds. The minimum atomic E-state index is 0.0153. The molecule has 0 saturated carbocycles. The van der Waals surface area contributed by atoms with Crippen molar-refractivity contribution in [2.75, 3.05) is 36.4 Å². The first-order valence-corrected chi connectivity index (χ1v) is 10.7. The van der Waals surface area contributed by atoms with Crippen LogP contribution in [0.15, 0.2) is 41.7 Å². The van der Waals surface area contributed by atoms with Crippen LogP contribution in [0.1, 0.15) is 32.3 Å². The molecule has 0 atom stereocenters. The summed E-state index contributed by atoms with van der Waals surface area (Å²) in [4.78, 5) is 33.0. The number of rotatable bonds is 7. The van der Waals surface area contributed by atoms with Crippen LogP contribution in [-0.4, -0.2) is 58.6 Å². The third kappa shape index (κ3) is 6.07. The van der Waals surface area contributed by atoms with Crippen LogP contribution in [0.3, 0.4) is 0 Å². The quantitative estimate of drug-likeness (QED) is 0.522. The number of nitrogens with zero attached hydrogens (tertiary/aromatic N) is 5. The SMILES string of the molecule is CCCC(=O)Nc1cccc(CN=C(NCC)N2CCN(c3cnn(C)c3)C(=O)C2)c1. The number of anilines is 2. The number of hydrogen-bond donors (Lipinski definition) is 2. The van der Waals surface area contributed by atoms with Crippen LogP contribution in [0.25, 0.3) is 0 Å². The molecule has 9 heteroatoms.